The van der Waals surface area contributed by atoms with Gasteiger partial charge in [-0.05, 0) is 109 Å². The number of hydrogen-bond donors (Lipinski definition) is 0. The Morgan fingerprint density at radius 1 is 0.449 bits per heavy atom. The quantitative estimate of drug-likeness (QED) is 0.0690. The van der Waals surface area contributed by atoms with Crippen LogP contribution in [0.2, 0.25) is 0 Å². The van der Waals surface area contributed by atoms with Crippen LogP contribution in [-0.4, -0.2) is 39.0 Å². The summed E-state index contributed by atoms with van der Waals surface area (Å²) >= 11 is 0. The molecule has 6 heteroatoms. The average molecular weight is 669 g/mol. The van der Waals surface area contributed by atoms with Crippen LogP contribution < -0.4 is 18.9 Å². The maximum atomic E-state index is 5.94. The second-order valence-electron chi connectivity index (χ2n) is 13.2. The van der Waals surface area contributed by atoms with E-state index >= 15 is 0 Å². The lowest BCUT2D eigenvalue weighted by Crippen LogP contribution is -2.20. The van der Waals surface area contributed by atoms with Gasteiger partial charge in [0.1, 0.15) is 36.2 Å². The minimum Gasteiger partial charge on any atom is -0.491 e. The fraction of sp³-hybridized carbons (Fsp3) is 0.442. The van der Waals surface area contributed by atoms with Gasteiger partial charge in [0.05, 0.1) is 13.2 Å². The molecule has 0 amide bonds. The van der Waals surface area contributed by atoms with Crippen LogP contribution in [0.3, 0.4) is 0 Å². The number of benzene rings is 4. The zero-order chi connectivity index (χ0) is 35.2. The lowest BCUT2D eigenvalue weighted by atomic mass is 9.78. The van der Waals surface area contributed by atoms with Crippen LogP contribution in [0.15, 0.2) is 97.1 Å². The summed E-state index contributed by atoms with van der Waals surface area (Å²) in [6.07, 6.45) is 1.51. The predicted molar refractivity (Wildman–Crippen MR) is 198 cm³/mol. The monoisotopic (exact) mass is 668 g/mol. The molecule has 264 valence electrons. The first-order chi connectivity index (χ1) is 23.6. The molecule has 0 aliphatic carbocycles. The third kappa shape index (κ3) is 11.5. The van der Waals surface area contributed by atoms with Gasteiger partial charge in [-0.1, -0.05) is 90.1 Å². The van der Waals surface area contributed by atoms with E-state index in [0.29, 0.717) is 38.3 Å². The Balaban J connectivity index is 1.15. The van der Waals surface area contributed by atoms with Crippen LogP contribution in [-0.2, 0) is 14.9 Å². The molecule has 6 nitrogen and oxygen atoms in total. The summed E-state index contributed by atoms with van der Waals surface area (Å²) in [5.41, 5.74) is 4.85. The summed E-state index contributed by atoms with van der Waals surface area (Å²) in [4.78, 5) is 0. The van der Waals surface area contributed by atoms with Crippen LogP contribution in [0.5, 0.6) is 23.0 Å². The summed E-state index contributed by atoms with van der Waals surface area (Å²) < 4.78 is 35.3. The Labute approximate surface area is 294 Å². The Kier molecular flexibility index (Phi) is 14.4. The normalized spacial score (nSPS) is 14.0. The van der Waals surface area contributed by atoms with E-state index in [-0.39, 0.29) is 18.0 Å². The molecule has 0 N–H and O–H groups in total. The van der Waals surface area contributed by atoms with Crippen LogP contribution in [0, 0.1) is 0 Å². The predicted octanol–water partition coefficient (Wildman–Crippen LogP) is 10.7. The van der Waals surface area contributed by atoms with Gasteiger partial charge in [0.2, 0.25) is 0 Å². The number of hydrogen-bond acceptors (Lipinski definition) is 6. The van der Waals surface area contributed by atoms with Crippen molar-refractivity contribution in [2.24, 2.45) is 0 Å². The van der Waals surface area contributed by atoms with Crippen molar-refractivity contribution in [1.82, 2.24) is 0 Å². The molecule has 0 fully saturated rings. The topological polar surface area (TPSA) is 55.4 Å². The first kappa shape index (κ1) is 37.8. The smallest absolute Gasteiger partial charge is 0.197 e. The minimum absolute atomic E-state index is 0.192. The maximum absolute atomic E-state index is 5.94. The lowest BCUT2D eigenvalue weighted by Gasteiger charge is -2.26. The van der Waals surface area contributed by atoms with Crippen molar-refractivity contribution >= 4 is 0 Å². The maximum Gasteiger partial charge on any atom is 0.197 e. The van der Waals surface area contributed by atoms with E-state index in [0.717, 1.165) is 35.8 Å². The Bertz CT molecular complexity index is 1380. The molecule has 0 bridgehead atoms. The van der Waals surface area contributed by atoms with Gasteiger partial charge >= 0.3 is 0 Å². The SMILES string of the molecule is CCC(C)c1ccc(OC(C)OCCOc2ccc(C(C)(C)c3ccc(OCCOC(C)Oc4ccc(C(C)CC)cc4)cc3)cc2)cc1. The average Bonchev–Trinajstić information content (AvgIpc) is 3.12. The standard InChI is InChI=1S/C43H56O6/c1-9-31(3)35-11-19-41(20-12-35)48-33(5)44-27-29-46-39-23-15-37(16-24-39)43(7,8)38-17-25-40(26-18-38)47-30-28-45-34(6)49-42-21-13-36(14-22-42)32(4)10-2/h11-26,31-34H,9-10,27-30H2,1-8H3. The molecule has 4 aromatic rings. The molecule has 0 spiro atoms. The molecule has 4 atom stereocenters. The van der Waals surface area contributed by atoms with Crippen molar-refractivity contribution in [3.63, 3.8) is 0 Å². The van der Waals surface area contributed by atoms with Crippen molar-refractivity contribution in [2.45, 2.75) is 98.1 Å². The summed E-state index contributed by atoms with van der Waals surface area (Å²) in [6.45, 7) is 18.8. The van der Waals surface area contributed by atoms with Gasteiger partial charge in [-0.25, -0.2) is 0 Å². The summed E-state index contributed by atoms with van der Waals surface area (Å²) in [7, 11) is 0. The molecule has 4 rings (SSSR count). The highest BCUT2D eigenvalue weighted by molar-refractivity contribution is 5.42. The zero-order valence-corrected chi connectivity index (χ0v) is 30.7. The summed E-state index contributed by atoms with van der Waals surface area (Å²) in [5, 5.41) is 0. The van der Waals surface area contributed by atoms with Gasteiger partial charge in [0, 0.05) is 5.41 Å². The van der Waals surface area contributed by atoms with Crippen molar-refractivity contribution < 1.29 is 28.4 Å². The van der Waals surface area contributed by atoms with Crippen LogP contribution >= 0.6 is 0 Å². The highest BCUT2D eigenvalue weighted by Gasteiger charge is 2.23. The summed E-state index contributed by atoms with van der Waals surface area (Å²) in [5.74, 6) is 4.32. The first-order valence-corrected chi connectivity index (χ1v) is 17.8. The molecule has 0 saturated heterocycles. The van der Waals surface area contributed by atoms with E-state index in [4.69, 9.17) is 28.4 Å². The highest BCUT2D eigenvalue weighted by Crippen LogP contribution is 2.33. The van der Waals surface area contributed by atoms with E-state index < -0.39 is 0 Å². The van der Waals surface area contributed by atoms with Crippen LogP contribution in [0.25, 0.3) is 0 Å². The van der Waals surface area contributed by atoms with Crippen LogP contribution in [0.4, 0.5) is 0 Å². The third-order valence-corrected chi connectivity index (χ3v) is 9.29. The van der Waals surface area contributed by atoms with Gasteiger partial charge in [0.25, 0.3) is 0 Å². The second kappa shape index (κ2) is 18.7. The molecule has 0 heterocycles. The molecule has 0 aliphatic rings. The molecule has 0 aliphatic heterocycles. The Hall–Kier alpha value is -4.00. The van der Waals surface area contributed by atoms with Crippen LogP contribution in [0.1, 0.15) is 102 Å². The van der Waals surface area contributed by atoms with E-state index in [1.165, 1.54) is 22.3 Å². The van der Waals surface area contributed by atoms with Gasteiger partial charge in [0.15, 0.2) is 12.6 Å². The second-order valence-corrected chi connectivity index (χ2v) is 13.2. The zero-order valence-electron chi connectivity index (χ0n) is 30.7. The first-order valence-electron chi connectivity index (χ1n) is 17.8. The number of ether oxygens (including phenoxy) is 6. The molecule has 0 saturated carbocycles. The molecule has 4 aromatic carbocycles. The van der Waals surface area contributed by atoms with Gasteiger partial charge < -0.3 is 28.4 Å². The molecule has 0 radical (unpaired) electrons. The van der Waals surface area contributed by atoms with Crippen molar-refractivity contribution in [2.75, 3.05) is 26.4 Å². The van der Waals surface area contributed by atoms with E-state index in [9.17, 15) is 0 Å². The van der Waals surface area contributed by atoms with Crippen molar-refractivity contribution in [3.8, 4) is 23.0 Å². The van der Waals surface area contributed by atoms with E-state index in [1.54, 1.807) is 0 Å². The molecule has 4 unspecified atom stereocenters. The van der Waals surface area contributed by atoms with E-state index in [1.807, 2.05) is 62.4 Å². The van der Waals surface area contributed by atoms with Crippen molar-refractivity contribution in [3.05, 3.63) is 119 Å². The van der Waals surface area contributed by atoms with Gasteiger partial charge in [-0.2, -0.15) is 0 Å². The molecule has 49 heavy (non-hydrogen) atoms. The molecule has 0 aromatic heterocycles. The van der Waals surface area contributed by atoms with Gasteiger partial charge in [-0.3, -0.25) is 0 Å². The minimum atomic E-state index is -0.363. The molecular formula is C43H56O6. The molecular weight excluding hydrogens is 612 g/mol. The highest BCUT2D eigenvalue weighted by atomic mass is 16.7. The summed E-state index contributed by atoms with van der Waals surface area (Å²) in [6, 6.07) is 33.1. The largest absolute Gasteiger partial charge is 0.491 e. The lowest BCUT2D eigenvalue weighted by molar-refractivity contribution is -0.0741. The Morgan fingerprint density at radius 3 is 1.10 bits per heavy atom. The fourth-order valence-electron chi connectivity index (χ4n) is 5.52. The third-order valence-electron chi connectivity index (χ3n) is 9.29. The Morgan fingerprint density at radius 2 is 0.776 bits per heavy atom. The van der Waals surface area contributed by atoms with Crippen molar-refractivity contribution in [1.29, 1.82) is 0 Å². The number of rotatable bonds is 20. The fourth-order valence-corrected chi connectivity index (χ4v) is 5.52. The van der Waals surface area contributed by atoms with E-state index in [2.05, 4.69) is 90.1 Å². The van der Waals surface area contributed by atoms with Gasteiger partial charge in [-0.15, -0.1) is 0 Å².